The van der Waals surface area contributed by atoms with Crippen molar-refractivity contribution in [1.82, 2.24) is 25.3 Å². The van der Waals surface area contributed by atoms with Crippen LogP contribution in [0.4, 0.5) is 4.79 Å². The zero-order valence-electron chi connectivity index (χ0n) is 17.1. The van der Waals surface area contributed by atoms with Crippen molar-refractivity contribution in [3.05, 3.63) is 69.6 Å². The molecule has 3 heterocycles. The fraction of sp³-hybridized carbons (Fsp3) is 0.174. The van der Waals surface area contributed by atoms with Gasteiger partial charge in [0, 0.05) is 28.9 Å². The van der Waals surface area contributed by atoms with Crippen LogP contribution in [0.1, 0.15) is 18.5 Å². The molecule has 32 heavy (non-hydrogen) atoms. The van der Waals surface area contributed by atoms with Crippen LogP contribution in [-0.4, -0.2) is 32.1 Å². The SMILES string of the molecule is Cc1cc(-c2nc3c(=O)cc(OC(=O)NC4CC4)[nH]c3nc2-c2ccccc2)cc(Cl)n1. The average Bonchev–Trinajstić information content (AvgIpc) is 3.56. The molecule has 0 spiro atoms. The number of amides is 1. The zero-order chi connectivity index (χ0) is 22.2. The minimum absolute atomic E-state index is 0.00418. The largest absolute Gasteiger partial charge is 0.414 e. The highest BCUT2D eigenvalue weighted by atomic mass is 35.5. The van der Waals surface area contributed by atoms with Crippen LogP contribution in [0.25, 0.3) is 33.7 Å². The topological polar surface area (TPSA) is 110 Å². The van der Waals surface area contributed by atoms with Crippen LogP contribution >= 0.6 is 11.6 Å². The van der Waals surface area contributed by atoms with Crippen LogP contribution in [0.5, 0.6) is 5.88 Å². The lowest BCUT2D eigenvalue weighted by molar-refractivity contribution is 0.198. The number of rotatable bonds is 4. The maximum absolute atomic E-state index is 12.8. The first-order valence-electron chi connectivity index (χ1n) is 10.1. The van der Waals surface area contributed by atoms with Crippen molar-refractivity contribution in [1.29, 1.82) is 0 Å². The summed E-state index contributed by atoms with van der Waals surface area (Å²) in [5, 5.41) is 3.03. The summed E-state index contributed by atoms with van der Waals surface area (Å²) in [7, 11) is 0. The molecular formula is C23H18ClN5O3. The van der Waals surface area contributed by atoms with Gasteiger partial charge in [0.25, 0.3) is 0 Å². The number of aryl methyl sites for hydroxylation is 1. The molecule has 0 radical (unpaired) electrons. The van der Waals surface area contributed by atoms with E-state index in [-0.39, 0.29) is 23.1 Å². The highest BCUT2D eigenvalue weighted by Crippen LogP contribution is 2.31. The van der Waals surface area contributed by atoms with Gasteiger partial charge in [-0.1, -0.05) is 41.9 Å². The molecule has 1 saturated carbocycles. The molecule has 0 unspecified atom stereocenters. The Hall–Kier alpha value is -3.78. The van der Waals surface area contributed by atoms with Gasteiger partial charge in [-0.25, -0.2) is 19.7 Å². The van der Waals surface area contributed by atoms with Gasteiger partial charge < -0.3 is 15.0 Å². The van der Waals surface area contributed by atoms with E-state index in [0.29, 0.717) is 27.8 Å². The molecular weight excluding hydrogens is 430 g/mol. The highest BCUT2D eigenvalue weighted by Gasteiger charge is 2.24. The fourth-order valence-electron chi connectivity index (χ4n) is 3.38. The van der Waals surface area contributed by atoms with Crippen molar-refractivity contribution >= 4 is 28.9 Å². The van der Waals surface area contributed by atoms with E-state index in [1.165, 1.54) is 6.07 Å². The third-order valence-corrected chi connectivity index (χ3v) is 5.17. The molecule has 3 aromatic heterocycles. The first kappa shape index (κ1) is 20.1. The second-order valence-corrected chi connectivity index (χ2v) is 8.00. The minimum atomic E-state index is -0.614. The second kappa shape index (κ2) is 8.05. The molecule has 0 atom stereocenters. The van der Waals surface area contributed by atoms with E-state index in [1.54, 1.807) is 6.07 Å². The van der Waals surface area contributed by atoms with Crippen molar-refractivity contribution in [2.75, 3.05) is 0 Å². The maximum atomic E-state index is 12.8. The minimum Gasteiger partial charge on any atom is -0.393 e. The van der Waals surface area contributed by atoms with Gasteiger partial charge in [-0.3, -0.25) is 4.79 Å². The van der Waals surface area contributed by atoms with E-state index in [1.807, 2.05) is 43.3 Å². The van der Waals surface area contributed by atoms with Crippen LogP contribution in [0.3, 0.4) is 0 Å². The van der Waals surface area contributed by atoms with E-state index in [2.05, 4.69) is 25.3 Å². The van der Waals surface area contributed by atoms with Crippen molar-refractivity contribution in [3.8, 4) is 28.4 Å². The molecule has 4 aromatic rings. The smallest absolute Gasteiger partial charge is 0.393 e. The van der Waals surface area contributed by atoms with Gasteiger partial charge in [-0.15, -0.1) is 0 Å². The first-order valence-corrected chi connectivity index (χ1v) is 10.5. The predicted molar refractivity (Wildman–Crippen MR) is 121 cm³/mol. The van der Waals surface area contributed by atoms with Gasteiger partial charge in [-0.2, -0.15) is 0 Å². The van der Waals surface area contributed by atoms with Crippen molar-refractivity contribution < 1.29 is 9.53 Å². The van der Waals surface area contributed by atoms with E-state index in [4.69, 9.17) is 16.3 Å². The van der Waals surface area contributed by atoms with Crippen molar-refractivity contribution in [2.24, 2.45) is 0 Å². The van der Waals surface area contributed by atoms with Crippen LogP contribution in [0.15, 0.2) is 53.3 Å². The Balaban J connectivity index is 1.67. The summed E-state index contributed by atoms with van der Waals surface area (Å²) in [6.45, 7) is 1.83. The number of hydrogen-bond acceptors (Lipinski definition) is 6. The molecule has 1 aliphatic carbocycles. The molecule has 1 amide bonds. The Bertz CT molecular complexity index is 1380. The summed E-state index contributed by atoms with van der Waals surface area (Å²) in [5.41, 5.74) is 3.19. The van der Waals surface area contributed by atoms with Crippen LogP contribution < -0.4 is 15.5 Å². The predicted octanol–water partition coefficient (Wildman–Crippen LogP) is 4.26. The monoisotopic (exact) mass is 447 g/mol. The van der Waals surface area contributed by atoms with Crippen LogP contribution in [0.2, 0.25) is 5.15 Å². The van der Waals surface area contributed by atoms with Gasteiger partial charge in [0.1, 0.15) is 5.15 Å². The van der Waals surface area contributed by atoms with Crippen LogP contribution in [-0.2, 0) is 0 Å². The molecule has 2 N–H and O–H groups in total. The Morgan fingerprint density at radius 3 is 2.53 bits per heavy atom. The third kappa shape index (κ3) is 4.17. The summed E-state index contributed by atoms with van der Waals surface area (Å²) < 4.78 is 5.25. The number of H-pyrrole nitrogens is 1. The number of hydrogen-bond donors (Lipinski definition) is 2. The molecule has 0 aliphatic heterocycles. The molecule has 1 aliphatic rings. The van der Waals surface area contributed by atoms with E-state index in [0.717, 1.165) is 18.4 Å². The quantitative estimate of drug-likeness (QED) is 0.452. The number of aromatic amines is 1. The van der Waals surface area contributed by atoms with Gasteiger partial charge >= 0.3 is 6.09 Å². The van der Waals surface area contributed by atoms with E-state index in [9.17, 15) is 9.59 Å². The van der Waals surface area contributed by atoms with Crippen molar-refractivity contribution in [2.45, 2.75) is 25.8 Å². The molecule has 5 rings (SSSR count). The molecule has 1 fully saturated rings. The summed E-state index contributed by atoms with van der Waals surface area (Å²) in [4.78, 5) is 41.2. The number of nitrogens with one attached hydrogen (secondary N) is 2. The van der Waals surface area contributed by atoms with Gasteiger partial charge in [0.2, 0.25) is 11.3 Å². The number of ether oxygens (including phenoxy) is 1. The molecule has 9 heteroatoms. The number of benzene rings is 1. The summed E-state index contributed by atoms with van der Waals surface area (Å²) in [6, 6.07) is 14.3. The lowest BCUT2D eigenvalue weighted by atomic mass is 10.0. The summed E-state index contributed by atoms with van der Waals surface area (Å²) >= 11 is 6.18. The summed E-state index contributed by atoms with van der Waals surface area (Å²) in [6.07, 6.45) is 1.24. The number of carbonyl (C=O) groups excluding carboxylic acids is 1. The Morgan fingerprint density at radius 2 is 1.81 bits per heavy atom. The first-order chi connectivity index (χ1) is 15.5. The van der Waals surface area contributed by atoms with E-state index >= 15 is 0 Å². The van der Waals surface area contributed by atoms with Gasteiger partial charge in [0.05, 0.1) is 11.4 Å². The molecule has 1 aromatic carbocycles. The number of pyridine rings is 2. The average molecular weight is 448 g/mol. The molecule has 160 valence electrons. The van der Waals surface area contributed by atoms with Gasteiger partial charge in [0.15, 0.2) is 11.2 Å². The number of nitrogens with zero attached hydrogens (tertiary/aromatic N) is 3. The van der Waals surface area contributed by atoms with E-state index < -0.39 is 11.5 Å². The summed E-state index contributed by atoms with van der Waals surface area (Å²) in [5.74, 6) is 0.00418. The molecule has 0 bridgehead atoms. The number of fused-ring (bicyclic) bond motifs is 1. The molecule has 0 saturated heterocycles. The number of halogens is 1. The standard InChI is InChI=1S/C23H18ClN5O3/c1-12-9-14(10-17(24)25-12)20-19(13-5-3-2-4-6-13)29-22-21(28-20)16(30)11-18(27-22)32-23(31)26-15-7-8-15/h2-6,9-11,15H,7-8H2,1H3,(H,26,31)(H,27,29,30). The Kier molecular flexibility index (Phi) is 5.07. The Labute approximate surface area is 187 Å². The number of aromatic nitrogens is 4. The van der Waals surface area contributed by atoms with Crippen LogP contribution in [0, 0.1) is 6.92 Å². The highest BCUT2D eigenvalue weighted by molar-refractivity contribution is 6.29. The second-order valence-electron chi connectivity index (χ2n) is 7.61. The van der Waals surface area contributed by atoms with Crippen molar-refractivity contribution in [3.63, 3.8) is 0 Å². The lowest BCUT2D eigenvalue weighted by Crippen LogP contribution is -2.29. The Morgan fingerprint density at radius 1 is 1.06 bits per heavy atom. The zero-order valence-corrected chi connectivity index (χ0v) is 17.8. The lowest BCUT2D eigenvalue weighted by Gasteiger charge is -2.12. The van der Waals surface area contributed by atoms with Gasteiger partial charge in [-0.05, 0) is 31.9 Å². The molecule has 8 nitrogen and oxygen atoms in total. The maximum Gasteiger partial charge on any atom is 0.414 e. The fourth-order valence-corrected chi connectivity index (χ4v) is 3.63. The number of carbonyl (C=O) groups is 1. The normalized spacial score (nSPS) is 13.2. The third-order valence-electron chi connectivity index (χ3n) is 4.98.